The minimum atomic E-state index is -3.78. The Bertz CT molecular complexity index is 945. The Morgan fingerprint density at radius 2 is 1.93 bits per heavy atom. The second kappa shape index (κ2) is 8.59. The number of nitrogens with zero attached hydrogens (tertiary/aromatic N) is 2. The Morgan fingerprint density at radius 3 is 2.52 bits per heavy atom. The maximum Gasteiger partial charge on any atom is 0.254 e. The normalized spacial score (nSPS) is 20.4. The van der Waals surface area contributed by atoms with Crippen LogP contribution in [0, 0.1) is 11.8 Å². The first-order valence-electron chi connectivity index (χ1n) is 9.68. The molecule has 1 saturated heterocycles. The topological polar surface area (TPSA) is 80.1 Å². The molecule has 1 aromatic heterocycles. The Kier molecular flexibility index (Phi) is 6.33. The van der Waals surface area contributed by atoms with Crippen LogP contribution in [0.5, 0.6) is 5.75 Å². The smallest absolute Gasteiger partial charge is 0.254 e. The summed E-state index contributed by atoms with van der Waals surface area (Å²) in [5.74, 6) is 1.16. The zero-order valence-electron chi connectivity index (χ0n) is 17.3. The third kappa shape index (κ3) is 4.64. The largest absolute Gasteiger partial charge is 0.495 e. The first-order valence-corrected chi connectivity index (χ1v) is 11.1. The van der Waals surface area contributed by atoms with E-state index < -0.39 is 10.0 Å². The van der Waals surface area contributed by atoms with Gasteiger partial charge < -0.3 is 14.1 Å². The highest BCUT2D eigenvalue weighted by Crippen LogP contribution is 2.32. The molecule has 3 rings (SSSR count). The highest BCUT2D eigenvalue weighted by molar-refractivity contribution is 7.89. The standard InChI is InChI=1S/C21H28N2O5S/c1-15-10-16(2)13-23(12-15)29(25,26)20-11-17(7-8-19(20)27-4)21(24)22(3)14-18-6-5-9-28-18/h5-9,11,15-16H,10,12-14H2,1-4H3. The molecule has 0 bridgehead atoms. The van der Waals surface area contributed by atoms with E-state index in [-0.39, 0.29) is 34.0 Å². The number of furan rings is 1. The van der Waals surface area contributed by atoms with Crippen molar-refractivity contribution in [3.8, 4) is 5.75 Å². The molecule has 0 aliphatic carbocycles. The van der Waals surface area contributed by atoms with E-state index in [0.717, 1.165) is 6.42 Å². The molecule has 0 radical (unpaired) electrons. The average molecular weight is 421 g/mol. The van der Waals surface area contributed by atoms with Gasteiger partial charge in [0.25, 0.3) is 5.91 Å². The number of benzene rings is 1. The van der Waals surface area contributed by atoms with Crippen LogP contribution in [0.25, 0.3) is 0 Å². The van der Waals surface area contributed by atoms with Crippen LogP contribution in [-0.2, 0) is 16.6 Å². The molecule has 0 saturated carbocycles. The van der Waals surface area contributed by atoms with Gasteiger partial charge in [-0.15, -0.1) is 0 Å². The van der Waals surface area contributed by atoms with E-state index in [1.54, 1.807) is 31.5 Å². The molecule has 2 unspecified atom stereocenters. The number of rotatable bonds is 6. The molecule has 1 aromatic carbocycles. The van der Waals surface area contributed by atoms with E-state index in [2.05, 4.69) is 13.8 Å². The predicted molar refractivity (Wildman–Crippen MR) is 109 cm³/mol. The molecule has 0 N–H and O–H groups in total. The van der Waals surface area contributed by atoms with Gasteiger partial charge in [-0.05, 0) is 48.6 Å². The van der Waals surface area contributed by atoms with Gasteiger partial charge in [-0.25, -0.2) is 8.42 Å². The van der Waals surface area contributed by atoms with Crippen molar-refractivity contribution in [2.24, 2.45) is 11.8 Å². The van der Waals surface area contributed by atoms with E-state index in [9.17, 15) is 13.2 Å². The number of amides is 1. The summed E-state index contributed by atoms with van der Waals surface area (Å²) in [5.41, 5.74) is 0.288. The monoisotopic (exact) mass is 420 g/mol. The van der Waals surface area contributed by atoms with Gasteiger partial charge in [-0.3, -0.25) is 4.79 Å². The number of hydrogen-bond donors (Lipinski definition) is 0. The minimum absolute atomic E-state index is 0.0264. The quantitative estimate of drug-likeness (QED) is 0.717. The van der Waals surface area contributed by atoms with E-state index >= 15 is 0 Å². The van der Waals surface area contributed by atoms with Crippen molar-refractivity contribution >= 4 is 15.9 Å². The Hall–Kier alpha value is -2.32. The summed E-state index contributed by atoms with van der Waals surface area (Å²) in [7, 11) is -0.702. The van der Waals surface area contributed by atoms with Gasteiger partial charge in [-0.2, -0.15) is 4.31 Å². The van der Waals surface area contributed by atoms with Crippen LogP contribution in [0.15, 0.2) is 45.9 Å². The van der Waals surface area contributed by atoms with E-state index in [1.165, 1.54) is 28.4 Å². The van der Waals surface area contributed by atoms with Crippen molar-refractivity contribution in [2.75, 3.05) is 27.2 Å². The Balaban J connectivity index is 1.91. The maximum atomic E-state index is 13.4. The molecule has 1 aliphatic rings. The number of hydrogen-bond acceptors (Lipinski definition) is 5. The summed E-state index contributed by atoms with van der Waals surface area (Å²) < 4.78 is 38.8. The average Bonchev–Trinajstić information content (AvgIpc) is 3.19. The first kappa shape index (κ1) is 21.4. The van der Waals surface area contributed by atoms with Crippen LogP contribution in [0.4, 0.5) is 0 Å². The Morgan fingerprint density at radius 1 is 1.24 bits per heavy atom. The van der Waals surface area contributed by atoms with Gasteiger partial charge in [0, 0.05) is 25.7 Å². The number of ether oxygens (including phenoxy) is 1. The molecular weight excluding hydrogens is 392 g/mol. The number of carbonyl (C=O) groups is 1. The SMILES string of the molecule is COc1ccc(C(=O)N(C)Cc2ccco2)cc1S(=O)(=O)N1CC(C)CC(C)C1. The zero-order chi connectivity index (χ0) is 21.2. The zero-order valence-corrected chi connectivity index (χ0v) is 18.1. The molecule has 29 heavy (non-hydrogen) atoms. The minimum Gasteiger partial charge on any atom is -0.495 e. The lowest BCUT2D eigenvalue weighted by Gasteiger charge is -2.34. The summed E-state index contributed by atoms with van der Waals surface area (Å²) in [6.07, 6.45) is 2.55. The van der Waals surface area contributed by atoms with Crippen LogP contribution in [0.2, 0.25) is 0 Å². The number of piperidine rings is 1. The summed E-state index contributed by atoms with van der Waals surface area (Å²) >= 11 is 0. The van der Waals surface area contributed by atoms with Crippen molar-refractivity contribution in [1.82, 2.24) is 9.21 Å². The van der Waals surface area contributed by atoms with Crippen LogP contribution >= 0.6 is 0 Å². The van der Waals surface area contributed by atoms with Gasteiger partial charge in [0.05, 0.1) is 19.9 Å². The third-order valence-corrected chi connectivity index (χ3v) is 7.04. The second-order valence-electron chi connectivity index (χ2n) is 7.87. The lowest BCUT2D eigenvalue weighted by molar-refractivity contribution is 0.0775. The van der Waals surface area contributed by atoms with Gasteiger partial charge in [0.1, 0.15) is 16.4 Å². The maximum absolute atomic E-state index is 13.4. The van der Waals surface area contributed by atoms with Crippen LogP contribution in [-0.4, -0.2) is 50.8 Å². The molecule has 8 heteroatoms. The van der Waals surface area contributed by atoms with E-state index in [1.807, 2.05) is 0 Å². The molecule has 7 nitrogen and oxygen atoms in total. The van der Waals surface area contributed by atoms with Crippen molar-refractivity contribution in [1.29, 1.82) is 0 Å². The molecule has 2 aromatic rings. The summed E-state index contributed by atoms with van der Waals surface area (Å²) in [6.45, 7) is 5.33. The van der Waals surface area contributed by atoms with Crippen molar-refractivity contribution in [3.05, 3.63) is 47.9 Å². The fraction of sp³-hybridized carbons (Fsp3) is 0.476. The van der Waals surface area contributed by atoms with Gasteiger partial charge >= 0.3 is 0 Å². The molecule has 1 aliphatic heterocycles. The summed E-state index contributed by atoms with van der Waals surface area (Å²) in [4.78, 5) is 14.4. The van der Waals surface area contributed by atoms with E-state index in [4.69, 9.17) is 9.15 Å². The molecular formula is C21H28N2O5S. The van der Waals surface area contributed by atoms with Crippen LogP contribution < -0.4 is 4.74 Å². The molecule has 2 heterocycles. The van der Waals surface area contributed by atoms with Gasteiger partial charge in [0.2, 0.25) is 10.0 Å². The lowest BCUT2D eigenvalue weighted by atomic mass is 9.94. The second-order valence-corrected chi connectivity index (χ2v) is 9.78. The lowest BCUT2D eigenvalue weighted by Crippen LogP contribution is -2.42. The van der Waals surface area contributed by atoms with Crippen molar-refractivity contribution < 1.29 is 22.4 Å². The fourth-order valence-electron chi connectivity index (χ4n) is 3.88. The first-order chi connectivity index (χ1) is 13.7. The fourth-order valence-corrected chi connectivity index (χ4v) is 5.74. The van der Waals surface area contributed by atoms with Crippen LogP contribution in [0.1, 0.15) is 36.4 Å². The van der Waals surface area contributed by atoms with Gasteiger partial charge in [-0.1, -0.05) is 13.8 Å². The van der Waals surface area contributed by atoms with Crippen LogP contribution in [0.3, 0.4) is 0 Å². The summed E-state index contributed by atoms with van der Waals surface area (Å²) in [6, 6.07) is 8.08. The molecule has 2 atom stereocenters. The van der Waals surface area contributed by atoms with Gasteiger partial charge in [0.15, 0.2) is 0 Å². The number of methoxy groups -OCH3 is 1. The highest BCUT2D eigenvalue weighted by Gasteiger charge is 2.34. The van der Waals surface area contributed by atoms with E-state index in [0.29, 0.717) is 25.4 Å². The number of carbonyl (C=O) groups excluding carboxylic acids is 1. The summed E-state index contributed by atoms with van der Waals surface area (Å²) in [5, 5.41) is 0. The third-order valence-electron chi connectivity index (χ3n) is 5.18. The molecule has 158 valence electrons. The number of sulfonamides is 1. The highest BCUT2D eigenvalue weighted by atomic mass is 32.2. The van der Waals surface area contributed by atoms with Crippen molar-refractivity contribution in [3.63, 3.8) is 0 Å². The van der Waals surface area contributed by atoms with Crippen molar-refractivity contribution in [2.45, 2.75) is 31.7 Å². The molecule has 1 amide bonds. The molecule has 0 spiro atoms. The molecule has 1 fully saturated rings. The Labute approximate surface area is 172 Å². The predicted octanol–water partition coefficient (Wildman–Crippen LogP) is 3.23.